The molecule has 0 saturated carbocycles. The zero-order chi connectivity index (χ0) is 12.8. The summed E-state index contributed by atoms with van der Waals surface area (Å²) in [6.07, 6.45) is 5.28. The zero-order valence-corrected chi connectivity index (χ0v) is 11.3. The van der Waals surface area contributed by atoms with Gasteiger partial charge in [0.15, 0.2) is 0 Å². The number of fused-ring (bicyclic) bond motifs is 1. The largest absolute Gasteiger partial charge is 0.489 e. The molecule has 1 aromatic carbocycles. The second-order valence-corrected chi connectivity index (χ2v) is 4.84. The van der Waals surface area contributed by atoms with Crippen LogP contribution in [0.4, 0.5) is 0 Å². The van der Waals surface area contributed by atoms with E-state index in [1.54, 1.807) is 6.08 Å². The Hall–Kier alpha value is -1.28. The highest BCUT2D eigenvalue weighted by Crippen LogP contribution is 2.26. The number of hydrogen-bond acceptors (Lipinski definition) is 2. The quantitative estimate of drug-likeness (QED) is 0.739. The molecule has 1 aliphatic heterocycles. The van der Waals surface area contributed by atoms with Crippen LogP contribution in [0.15, 0.2) is 30.9 Å². The van der Waals surface area contributed by atoms with Gasteiger partial charge in [0, 0.05) is 13.1 Å². The maximum absolute atomic E-state index is 5.77. The predicted molar refractivity (Wildman–Crippen MR) is 76.3 cm³/mol. The Morgan fingerprint density at radius 1 is 1.33 bits per heavy atom. The maximum atomic E-state index is 5.77. The Kier molecular flexibility index (Phi) is 4.82. The van der Waals surface area contributed by atoms with E-state index in [2.05, 4.69) is 36.6 Å². The molecule has 1 heterocycles. The molecule has 0 atom stereocenters. The first-order chi connectivity index (χ1) is 8.85. The highest BCUT2D eigenvalue weighted by atomic mass is 16.5. The third-order valence-corrected chi connectivity index (χ3v) is 3.50. The first kappa shape index (κ1) is 13.2. The van der Waals surface area contributed by atoms with Crippen LogP contribution in [-0.4, -0.2) is 31.1 Å². The van der Waals surface area contributed by atoms with Gasteiger partial charge in [-0.3, -0.25) is 0 Å². The first-order valence-electron chi connectivity index (χ1n) is 6.92. The van der Waals surface area contributed by atoms with Gasteiger partial charge in [0.1, 0.15) is 12.4 Å². The molecule has 0 fully saturated rings. The Balaban J connectivity index is 2.13. The fourth-order valence-corrected chi connectivity index (χ4v) is 2.61. The summed E-state index contributed by atoms with van der Waals surface area (Å²) >= 11 is 0. The monoisotopic (exact) mass is 245 g/mol. The number of benzene rings is 1. The molecular formula is C16H23NO. The summed E-state index contributed by atoms with van der Waals surface area (Å²) in [5, 5.41) is 0. The average molecular weight is 245 g/mol. The molecule has 0 radical (unpaired) electrons. The standard InChI is InChI=1S/C16H23NO/c1-3-10-17-11-8-14-6-5-7-16(18-13-4-2)15(14)9-12-17/h4-7H,2-3,8-13H2,1H3. The Morgan fingerprint density at radius 3 is 2.94 bits per heavy atom. The third kappa shape index (κ3) is 3.14. The number of nitrogens with zero attached hydrogens (tertiary/aromatic N) is 1. The van der Waals surface area contributed by atoms with Gasteiger partial charge >= 0.3 is 0 Å². The molecule has 0 saturated heterocycles. The second-order valence-electron chi connectivity index (χ2n) is 4.84. The lowest BCUT2D eigenvalue weighted by Gasteiger charge is -2.18. The van der Waals surface area contributed by atoms with E-state index < -0.39 is 0 Å². The molecule has 0 unspecified atom stereocenters. The van der Waals surface area contributed by atoms with Gasteiger partial charge in [-0.05, 0) is 43.0 Å². The summed E-state index contributed by atoms with van der Waals surface area (Å²) in [4.78, 5) is 2.55. The molecule has 0 spiro atoms. The van der Waals surface area contributed by atoms with E-state index in [1.807, 2.05) is 0 Å². The summed E-state index contributed by atoms with van der Waals surface area (Å²) in [6.45, 7) is 10.1. The number of hydrogen-bond donors (Lipinski definition) is 0. The van der Waals surface area contributed by atoms with Crippen molar-refractivity contribution in [2.45, 2.75) is 26.2 Å². The normalized spacial score (nSPS) is 15.8. The molecule has 0 amide bonds. The number of ether oxygens (including phenoxy) is 1. The van der Waals surface area contributed by atoms with E-state index >= 15 is 0 Å². The van der Waals surface area contributed by atoms with Gasteiger partial charge in [-0.1, -0.05) is 31.7 Å². The summed E-state index contributed by atoms with van der Waals surface area (Å²) < 4.78 is 5.77. The molecule has 2 heteroatoms. The lowest BCUT2D eigenvalue weighted by atomic mass is 10.0. The van der Waals surface area contributed by atoms with Crippen LogP contribution >= 0.6 is 0 Å². The van der Waals surface area contributed by atoms with E-state index in [0.717, 1.165) is 25.1 Å². The molecule has 1 aliphatic rings. The number of rotatable bonds is 5. The second kappa shape index (κ2) is 6.60. The van der Waals surface area contributed by atoms with Crippen LogP contribution in [0.1, 0.15) is 24.5 Å². The highest BCUT2D eigenvalue weighted by Gasteiger charge is 2.16. The lowest BCUT2D eigenvalue weighted by molar-refractivity contribution is 0.287. The van der Waals surface area contributed by atoms with Gasteiger partial charge in [-0.2, -0.15) is 0 Å². The van der Waals surface area contributed by atoms with Gasteiger partial charge in [0.2, 0.25) is 0 Å². The van der Waals surface area contributed by atoms with Crippen LogP contribution in [0.3, 0.4) is 0 Å². The van der Waals surface area contributed by atoms with Gasteiger partial charge in [0.05, 0.1) is 0 Å². The van der Waals surface area contributed by atoms with E-state index in [1.165, 1.54) is 30.6 Å². The minimum Gasteiger partial charge on any atom is -0.489 e. The van der Waals surface area contributed by atoms with Crippen molar-refractivity contribution in [1.82, 2.24) is 4.90 Å². The van der Waals surface area contributed by atoms with Crippen molar-refractivity contribution in [2.75, 3.05) is 26.2 Å². The van der Waals surface area contributed by atoms with Gasteiger partial charge in [-0.25, -0.2) is 0 Å². The van der Waals surface area contributed by atoms with E-state index in [9.17, 15) is 0 Å². The van der Waals surface area contributed by atoms with Crippen molar-refractivity contribution in [2.24, 2.45) is 0 Å². The van der Waals surface area contributed by atoms with Crippen LogP contribution in [-0.2, 0) is 12.8 Å². The summed E-state index contributed by atoms with van der Waals surface area (Å²) in [7, 11) is 0. The van der Waals surface area contributed by atoms with Crippen LogP contribution in [0.25, 0.3) is 0 Å². The predicted octanol–water partition coefficient (Wildman–Crippen LogP) is 3.06. The van der Waals surface area contributed by atoms with Crippen molar-refractivity contribution in [3.63, 3.8) is 0 Å². The summed E-state index contributed by atoms with van der Waals surface area (Å²) in [5.74, 6) is 1.05. The van der Waals surface area contributed by atoms with Crippen LogP contribution in [0.5, 0.6) is 5.75 Å². The van der Waals surface area contributed by atoms with Crippen molar-refractivity contribution >= 4 is 0 Å². The topological polar surface area (TPSA) is 12.5 Å². The molecular weight excluding hydrogens is 222 g/mol. The molecule has 0 N–H and O–H groups in total. The molecule has 1 aromatic rings. The first-order valence-corrected chi connectivity index (χ1v) is 6.92. The molecule has 18 heavy (non-hydrogen) atoms. The van der Waals surface area contributed by atoms with E-state index in [4.69, 9.17) is 4.74 Å². The molecule has 2 nitrogen and oxygen atoms in total. The fraction of sp³-hybridized carbons (Fsp3) is 0.500. The third-order valence-electron chi connectivity index (χ3n) is 3.50. The molecule has 0 aromatic heterocycles. The Labute approximate surface area is 110 Å². The highest BCUT2D eigenvalue weighted by molar-refractivity contribution is 5.41. The van der Waals surface area contributed by atoms with Crippen LogP contribution in [0, 0.1) is 0 Å². The summed E-state index contributed by atoms with van der Waals surface area (Å²) in [6, 6.07) is 6.43. The Morgan fingerprint density at radius 2 is 2.17 bits per heavy atom. The summed E-state index contributed by atoms with van der Waals surface area (Å²) in [5.41, 5.74) is 2.85. The zero-order valence-electron chi connectivity index (χ0n) is 11.3. The molecule has 0 aliphatic carbocycles. The van der Waals surface area contributed by atoms with Crippen LogP contribution < -0.4 is 4.74 Å². The van der Waals surface area contributed by atoms with Crippen molar-refractivity contribution in [1.29, 1.82) is 0 Å². The van der Waals surface area contributed by atoms with Gasteiger partial charge in [0.25, 0.3) is 0 Å². The van der Waals surface area contributed by atoms with Gasteiger partial charge in [-0.15, -0.1) is 0 Å². The van der Waals surface area contributed by atoms with E-state index in [0.29, 0.717) is 6.61 Å². The smallest absolute Gasteiger partial charge is 0.123 e. The molecule has 98 valence electrons. The minimum absolute atomic E-state index is 0.592. The van der Waals surface area contributed by atoms with E-state index in [-0.39, 0.29) is 0 Å². The average Bonchev–Trinajstić information content (AvgIpc) is 2.60. The SMILES string of the molecule is C=CCOc1cccc2c1CCN(CCC)CC2. The van der Waals surface area contributed by atoms with Crippen LogP contribution in [0.2, 0.25) is 0 Å². The lowest BCUT2D eigenvalue weighted by Crippen LogP contribution is -2.27. The maximum Gasteiger partial charge on any atom is 0.123 e. The fourth-order valence-electron chi connectivity index (χ4n) is 2.61. The minimum atomic E-state index is 0.592. The Bertz CT molecular complexity index is 400. The van der Waals surface area contributed by atoms with Crippen molar-refractivity contribution < 1.29 is 4.74 Å². The molecule has 2 rings (SSSR count). The molecule has 0 bridgehead atoms. The van der Waals surface area contributed by atoms with Gasteiger partial charge < -0.3 is 9.64 Å². The van der Waals surface area contributed by atoms with Crippen molar-refractivity contribution in [3.8, 4) is 5.75 Å². The van der Waals surface area contributed by atoms with Crippen molar-refractivity contribution in [3.05, 3.63) is 42.0 Å².